The Hall–Kier alpha value is -1.32. The Morgan fingerprint density at radius 1 is 1.26 bits per heavy atom. The van der Waals surface area contributed by atoms with Gasteiger partial charge < -0.3 is 5.32 Å². The number of alkyl halides is 1. The first kappa shape index (κ1) is 14.1. The molecular weight excluding hydrogens is 326 g/mol. The predicted molar refractivity (Wildman–Crippen MR) is 82.8 cm³/mol. The second-order valence-corrected chi connectivity index (χ2v) is 5.49. The highest BCUT2D eigenvalue weighted by Gasteiger charge is 2.07. The molecule has 4 heteroatoms. The van der Waals surface area contributed by atoms with Crippen LogP contribution in [0.3, 0.4) is 0 Å². The predicted octanol–water partition coefficient (Wildman–Crippen LogP) is 4.75. The zero-order valence-corrected chi connectivity index (χ0v) is 12.8. The number of amides is 1. The van der Waals surface area contributed by atoms with Crippen molar-refractivity contribution in [1.82, 2.24) is 0 Å². The lowest BCUT2D eigenvalue weighted by Gasteiger charge is -2.08. The van der Waals surface area contributed by atoms with Gasteiger partial charge in [-0.25, -0.2) is 0 Å². The van der Waals surface area contributed by atoms with E-state index < -0.39 is 0 Å². The van der Waals surface area contributed by atoms with E-state index >= 15 is 0 Å². The van der Waals surface area contributed by atoms with E-state index in [1.54, 1.807) is 12.1 Å². The molecule has 1 amide bonds. The summed E-state index contributed by atoms with van der Waals surface area (Å²) < 4.78 is 0.942. The molecule has 0 fully saturated rings. The number of benzene rings is 2. The molecule has 0 heterocycles. The molecule has 1 N–H and O–H groups in total. The van der Waals surface area contributed by atoms with E-state index in [0.29, 0.717) is 11.4 Å². The fraction of sp³-hybridized carbons (Fsp3) is 0.133. The van der Waals surface area contributed by atoms with E-state index in [2.05, 4.69) is 21.2 Å². The van der Waals surface area contributed by atoms with Crippen molar-refractivity contribution in [3.63, 3.8) is 0 Å². The molecule has 19 heavy (non-hydrogen) atoms. The summed E-state index contributed by atoms with van der Waals surface area (Å²) in [6.07, 6.45) is 0. The van der Waals surface area contributed by atoms with Crippen LogP contribution >= 0.6 is 27.5 Å². The van der Waals surface area contributed by atoms with Crippen LogP contribution in [0.1, 0.15) is 21.5 Å². The first-order chi connectivity index (χ1) is 9.08. The van der Waals surface area contributed by atoms with Crippen LogP contribution in [0.4, 0.5) is 5.69 Å². The summed E-state index contributed by atoms with van der Waals surface area (Å²) in [5.74, 6) is 0.265. The van der Waals surface area contributed by atoms with E-state index in [0.717, 1.165) is 21.3 Å². The van der Waals surface area contributed by atoms with Crippen LogP contribution in [0, 0.1) is 6.92 Å². The highest BCUT2D eigenvalue weighted by Crippen LogP contribution is 2.20. The normalized spacial score (nSPS) is 10.3. The zero-order valence-electron chi connectivity index (χ0n) is 10.4. The first-order valence-corrected chi connectivity index (χ1v) is 7.14. The monoisotopic (exact) mass is 337 g/mol. The SMILES string of the molecule is Cc1cc(Br)cc(NC(=O)c2cccc(CCl)c2)c1. The van der Waals surface area contributed by atoms with Crippen LogP contribution < -0.4 is 5.32 Å². The second kappa shape index (κ2) is 6.22. The topological polar surface area (TPSA) is 29.1 Å². The Balaban J connectivity index is 2.20. The largest absolute Gasteiger partial charge is 0.322 e. The Kier molecular flexibility index (Phi) is 4.61. The molecule has 2 nitrogen and oxygen atoms in total. The Labute approximate surface area is 125 Å². The van der Waals surface area contributed by atoms with Gasteiger partial charge in [-0.2, -0.15) is 0 Å². The number of carbonyl (C=O) groups is 1. The summed E-state index contributed by atoms with van der Waals surface area (Å²) in [5.41, 5.74) is 3.39. The second-order valence-electron chi connectivity index (χ2n) is 4.31. The third-order valence-electron chi connectivity index (χ3n) is 2.64. The molecule has 0 saturated heterocycles. The van der Waals surface area contributed by atoms with E-state index in [1.165, 1.54) is 0 Å². The van der Waals surface area contributed by atoms with Crippen LogP contribution in [-0.4, -0.2) is 5.91 Å². The van der Waals surface area contributed by atoms with Crippen molar-refractivity contribution in [1.29, 1.82) is 0 Å². The molecule has 0 aromatic heterocycles. The number of nitrogens with one attached hydrogen (secondary N) is 1. The van der Waals surface area contributed by atoms with Crippen molar-refractivity contribution in [2.24, 2.45) is 0 Å². The molecule has 98 valence electrons. The minimum absolute atomic E-state index is 0.135. The maximum absolute atomic E-state index is 12.1. The lowest BCUT2D eigenvalue weighted by atomic mass is 10.1. The third-order valence-corrected chi connectivity index (χ3v) is 3.41. The molecule has 0 aliphatic carbocycles. The molecule has 0 atom stereocenters. The Morgan fingerprint density at radius 2 is 2.05 bits per heavy atom. The highest BCUT2D eigenvalue weighted by atomic mass is 79.9. The van der Waals surface area contributed by atoms with Crippen molar-refractivity contribution >= 4 is 39.1 Å². The van der Waals surface area contributed by atoms with Crippen LogP contribution in [0.25, 0.3) is 0 Å². The van der Waals surface area contributed by atoms with Gasteiger partial charge in [-0.15, -0.1) is 11.6 Å². The van der Waals surface area contributed by atoms with Crippen LogP contribution in [0.15, 0.2) is 46.9 Å². The lowest BCUT2D eigenvalue weighted by Crippen LogP contribution is -2.12. The van der Waals surface area contributed by atoms with Gasteiger partial charge >= 0.3 is 0 Å². The maximum Gasteiger partial charge on any atom is 0.255 e. The lowest BCUT2D eigenvalue weighted by molar-refractivity contribution is 0.102. The van der Waals surface area contributed by atoms with Crippen molar-refractivity contribution in [3.8, 4) is 0 Å². The smallest absolute Gasteiger partial charge is 0.255 e. The Bertz CT molecular complexity index is 593. The first-order valence-electron chi connectivity index (χ1n) is 5.82. The fourth-order valence-corrected chi connectivity index (χ4v) is 2.58. The molecule has 0 unspecified atom stereocenters. The molecule has 2 rings (SSSR count). The molecule has 0 radical (unpaired) electrons. The van der Waals surface area contributed by atoms with Crippen molar-refractivity contribution in [2.45, 2.75) is 12.8 Å². The molecule has 0 aliphatic heterocycles. The maximum atomic E-state index is 12.1. The third kappa shape index (κ3) is 3.82. The van der Waals surface area contributed by atoms with Crippen molar-refractivity contribution in [2.75, 3.05) is 5.32 Å². The average Bonchev–Trinajstić information content (AvgIpc) is 2.37. The van der Waals surface area contributed by atoms with Crippen molar-refractivity contribution in [3.05, 3.63) is 63.6 Å². The summed E-state index contributed by atoms with van der Waals surface area (Å²) >= 11 is 9.18. The molecular formula is C15H13BrClNO. The van der Waals surface area contributed by atoms with Gasteiger partial charge in [0, 0.05) is 21.6 Å². The average molecular weight is 339 g/mol. The highest BCUT2D eigenvalue weighted by molar-refractivity contribution is 9.10. The molecule has 0 saturated carbocycles. The van der Waals surface area contributed by atoms with Crippen LogP contribution in [0.2, 0.25) is 0 Å². The van der Waals surface area contributed by atoms with E-state index in [-0.39, 0.29) is 5.91 Å². The summed E-state index contributed by atoms with van der Waals surface area (Å²) in [4.78, 5) is 12.1. The quantitative estimate of drug-likeness (QED) is 0.804. The summed E-state index contributed by atoms with van der Waals surface area (Å²) in [6.45, 7) is 1.98. The van der Waals surface area contributed by atoms with Gasteiger partial charge in [0.25, 0.3) is 5.91 Å². The summed E-state index contributed by atoms with van der Waals surface area (Å²) in [6, 6.07) is 13.1. The minimum Gasteiger partial charge on any atom is -0.322 e. The molecule has 0 spiro atoms. The zero-order chi connectivity index (χ0) is 13.8. The van der Waals surface area contributed by atoms with Crippen LogP contribution in [0.5, 0.6) is 0 Å². The van der Waals surface area contributed by atoms with Gasteiger partial charge in [0.05, 0.1) is 0 Å². The molecule has 2 aromatic rings. The molecule has 0 aliphatic rings. The van der Waals surface area contributed by atoms with Gasteiger partial charge in [0.1, 0.15) is 0 Å². The number of hydrogen-bond donors (Lipinski definition) is 1. The molecule has 2 aromatic carbocycles. The Morgan fingerprint density at radius 3 is 2.74 bits per heavy atom. The van der Waals surface area contributed by atoms with Crippen LogP contribution in [-0.2, 0) is 5.88 Å². The fourth-order valence-electron chi connectivity index (χ4n) is 1.81. The summed E-state index contributed by atoms with van der Waals surface area (Å²) in [7, 11) is 0. The number of anilines is 1. The van der Waals surface area contributed by atoms with Crippen molar-refractivity contribution < 1.29 is 4.79 Å². The standard InChI is InChI=1S/C15H13BrClNO/c1-10-5-13(16)8-14(6-10)18-15(19)12-4-2-3-11(7-12)9-17/h2-8H,9H2,1H3,(H,18,19). The number of rotatable bonds is 3. The van der Waals surface area contributed by atoms with E-state index in [4.69, 9.17) is 11.6 Å². The van der Waals surface area contributed by atoms with Gasteiger partial charge in [-0.3, -0.25) is 4.79 Å². The van der Waals surface area contributed by atoms with Gasteiger partial charge in [0.15, 0.2) is 0 Å². The number of aryl methyl sites for hydroxylation is 1. The summed E-state index contributed by atoms with van der Waals surface area (Å²) in [5, 5.41) is 2.88. The van der Waals surface area contributed by atoms with Gasteiger partial charge in [-0.05, 0) is 48.4 Å². The molecule has 0 bridgehead atoms. The van der Waals surface area contributed by atoms with E-state index in [1.807, 2.05) is 37.3 Å². The number of hydrogen-bond acceptors (Lipinski definition) is 1. The minimum atomic E-state index is -0.135. The number of carbonyl (C=O) groups excluding carboxylic acids is 1. The van der Waals surface area contributed by atoms with Gasteiger partial charge in [-0.1, -0.05) is 28.1 Å². The van der Waals surface area contributed by atoms with Gasteiger partial charge in [0.2, 0.25) is 0 Å². The number of halogens is 2. The van der Waals surface area contributed by atoms with E-state index in [9.17, 15) is 4.79 Å².